The van der Waals surface area contributed by atoms with Crippen LogP contribution in [0.4, 0.5) is 0 Å². The minimum absolute atomic E-state index is 0.129. The van der Waals surface area contributed by atoms with Gasteiger partial charge in [-0.1, -0.05) is 19.8 Å². The van der Waals surface area contributed by atoms with Gasteiger partial charge in [-0.2, -0.15) is 0 Å². The zero-order valence-corrected chi connectivity index (χ0v) is 10.5. The Morgan fingerprint density at radius 2 is 2.25 bits per heavy atom. The summed E-state index contributed by atoms with van der Waals surface area (Å²) in [6, 6.07) is 0. The van der Waals surface area contributed by atoms with Gasteiger partial charge in [0.05, 0.1) is 13.7 Å². The number of hydrogen-bond acceptors (Lipinski definition) is 4. The van der Waals surface area contributed by atoms with E-state index in [1.165, 1.54) is 13.5 Å². The van der Waals surface area contributed by atoms with Crippen LogP contribution in [0.3, 0.4) is 0 Å². The van der Waals surface area contributed by atoms with E-state index in [0.29, 0.717) is 19.1 Å². The van der Waals surface area contributed by atoms with Gasteiger partial charge in [0.1, 0.15) is 5.54 Å². The first kappa shape index (κ1) is 13.5. The Hall–Kier alpha value is -0.610. The molecule has 0 heterocycles. The van der Waals surface area contributed by atoms with E-state index in [1.54, 1.807) is 7.11 Å². The Balaban J connectivity index is 2.63. The fourth-order valence-electron chi connectivity index (χ4n) is 2.56. The molecular formula is C12H23NO3. The molecule has 0 bridgehead atoms. The number of hydrogen-bond donors (Lipinski definition) is 1. The lowest BCUT2D eigenvalue weighted by Crippen LogP contribution is -2.56. The highest BCUT2D eigenvalue weighted by atomic mass is 16.5. The van der Waals surface area contributed by atoms with Crippen molar-refractivity contribution in [3.8, 4) is 0 Å². The largest absolute Gasteiger partial charge is 0.468 e. The van der Waals surface area contributed by atoms with Gasteiger partial charge in [-0.15, -0.1) is 0 Å². The Bertz CT molecular complexity index is 232. The second kappa shape index (κ2) is 6.21. The number of methoxy groups -OCH3 is 2. The van der Waals surface area contributed by atoms with Crippen molar-refractivity contribution in [2.24, 2.45) is 5.92 Å². The molecule has 1 saturated carbocycles. The smallest absolute Gasteiger partial charge is 0.326 e. The first-order chi connectivity index (χ1) is 7.64. The number of esters is 1. The summed E-state index contributed by atoms with van der Waals surface area (Å²) in [5.74, 6) is 0.443. The third kappa shape index (κ3) is 3.19. The quantitative estimate of drug-likeness (QED) is 0.571. The standard InChI is InChI=1S/C12H23NO3/c1-10-5-4-6-12(9-10,11(14)16-3)13-7-8-15-2/h10,13H,4-9H2,1-3H3. The van der Waals surface area contributed by atoms with Gasteiger partial charge in [0.2, 0.25) is 0 Å². The number of nitrogens with one attached hydrogen (secondary N) is 1. The molecule has 1 aliphatic rings. The molecular weight excluding hydrogens is 206 g/mol. The fraction of sp³-hybridized carbons (Fsp3) is 0.917. The van der Waals surface area contributed by atoms with E-state index >= 15 is 0 Å². The van der Waals surface area contributed by atoms with E-state index in [0.717, 1.165) is 19.3 Å². The summed E-state index contributed by atoms with van der Waals surface area (Å²) in [6.45, 7) is 3.50. The van der Waals surface area contributed by atoms with Crippen LogP contribution in [0.25, 0.3) is 0 Å². The van der Waals surface area contributed by atoms with Crippen molar-refractivity contribution in [3.63, 3.8) is 0 Å². The van der Waals surface area contributed by atoms with Crippen LogP contribution < -0.4 is 5.32 Å². The van der Waals surface area contributed by atoms with Crippen molar-refractivity contribution < 1.29 is 14.3 Å². The third-order valence-electron chi connectivity index (χ3n) is 3.34. The maximum atomic E-state index is 11.9. The predicted molar refractivity (Wildman–Crippen MR) is 62.3 cm³/mol. The summed E-state index contributed by atoms with van der Waals surface area (Å²) in [5, 5.41) is 3.32. The molecule has 0 amide bonds. The van der Waals surface area contributed by atoms with Crippen LogP contribution in [-0.4, -0.2) is 38.9 Å². The second-order valence-corrected chi connectivity index (χ2v) is 4.69. The maximum Gasteiger partial charge on any atom is 0.326 e. The van der Waals surface area contributed by atoms with Crippen LogP contribution in [-0.2, 0) is 14.3 Å². The number of carbonyl (C=O) groups is 1. The van der Waals surface area contributed by atoms with Crippen LogP contribution in [0.1, 0.15) is 32.6 Å². The fourth-order valence-corrected chi connectivity index (χ4v) is 2.56. The third-order valence-corrected chi connectivity index (χ3v) is 3.34. The Morgan fingerprint density at radius 1 is 1.50 bits per heavy atom. The molecule has 0 spiro atoms. The highest BCUT2D eigenvalue weighted by molar-refractivity contribution is 5.80. The lowest BCUT2D eigenvalue weighted by molar-refractivity contribution is -0.151. The molecule has 0 aromatic heterocycles. The highest BCUT2D eigenvalue weighted by Gasteiger charge is 2.42. The summed E-state index contributed by atoms with van der Waals surface area (Å²) >= 11 is 0. The second-order valence-electron chi connectivity index (χ2n) is 4.69. The average Bonchev–Trinajstić information content (AvgIpc) is 2.28. The molecule has 1 aliphatic carbocycles. The van der Waals surface area contributed by atoms with Gasteiger partial charge >= 0.3 is 5.97 Å². The van der Waals surface area contributed by atoms with Gasteiger partial charge in [-0.05, 0) is 18.8 Å². The van der Waals surface area contributed by atoms with Gasteiger partial charge in [0.15, 0.2) is 0 Å². The molecule has 2 atom stereocenters. The van der Waals surface area contributed by atoms with Gasteiger partial charge in [0.25, 0.3) is 0 Å². The topological polar surface area (TPSA) is 47.6 Å². The SMILES string of the molecule is COCCNC1(C(=O)OC)CCCC(C)C1. The zero-order valence-electron chi connectivity index (χ0n) is 10.5. The summed E-state index contributed by atoms with van der Waals surface area (Å²) in [6.07, 6.45) is 4.01. The van der Waals surface area contributed by atoms with Crippen LogP contribution in [0, 0.1) is 5.92 Å². The molecule has 2 unspecified atom stereocenters. The molecule has 1 fully saturated rings. The molecule has 4 nitrogen and oxygen atoms in total. The normalized spacial score (nSPS) is 30.1. The van der Waals surface area contributed by atoms with Crippen LogP contribution in [0.15, 0.2) is 0 Å². The van der Waals surface area contributed by atoms with Gasteiger partial charge in [-0.25, -0.2) is 0 Å². The predicted octanol–water partition coefficient (Wildman–Crippen LogP) is 1.34. The van der Waals surface area contributed by atoms with E-state index in [9.17, 15) is 4.79 Å². The van der Waals surface area contributed by atoms with Gasteiger partial charge in [0, 0.05) is 13.7 Å². The molecule has 0 aromatic rings. The Morgan fingerprint density at radius 3 is 2.81 bits per heavy atom. The molecule has 16 heavy (non-hydrogen) atoms. The lowest BCUT2D eigenvalue weighted by atomic mass is 9.76. The highest BCUT2D eigenvalue weighted by Crippen LogP contribution is 2.33. The molecule has 4 heteroatoms. The molecule has 1 rings (SSSR count). The summed E-state index contributed by atoms with van der Waals surface area (Å²) in [7, 11) is 3.12. The van der Waals surface area contributed by atoms with Crippen LogP contribution >= 0.6 is 0 Å². The van der Waals surface area contributed by atoms with E-state index in [4.69, 9.17) is 9.47 Å². The first-order valence-electron chi connectivity index (χ1n) is 5.97. The molecule has 0 saturated heterocycles. The van der Waals surface area contributed by atoms with E-state index in [-0.39, 0.29) is 5.97 Å². The minimum atomic E-state index is -0.481. The van der Waals surface area contributed by atoms with Crippen LogP contribution in [0.5, 0.6) is 0 Å². The van der Waals surface area contributed by atoms with E-state index in [2.05, 4.69) is 12.2 Å². The molecule has 0 radical (unpaired) electrons. The van der Waals surface area contributed by atoms with E-state index < -0.39 is 5.54 Å². The van der Waals surface area contributed by atoms with Crippen molar-refractivity contribution in [1.29, 1.82) is 0 Å². The molecule has 1 N–H and O–H groups in total. The van der Waals surface area contributed by atoms with Gasteiger partial charge in [-0.3, -0.25) is 10.1 Å². The summed E-state index contributed by atoms with van der Waals surface area (Å²) in [5.41, 5.74) is -0.481. The van der Waals surface area contributed by atoms with Gasteiger partial charge < -0.3 is 9.47 Å². The maximum absolute atomic E-state index is 11.9. The Labute approximate surface area is 97.7 Å². The number of carbonyl (C=O) groups excluding carboxylic acids is 1. The zero-order chi connectivity index (χ0) is 12.0. The molecule has 94 valence electrons. The van der Waals surface area contributed by atoms with Crippen LogP contribution in [0.2, 0.25) is 0 Å². The summed E-state index contributed by atoms with van der Waals surface area (Å²) in [4.78, 5) is 11.9. The molecule has 0 aliphatic heterocycles. The monoisotopic (exact) mass is 229 g/mol. The van der Waals surface area contributed by atoms with E-state index in [1.807, 2.05) is 0 Å². The minimum Gasteiger partial charge on any atom is -0.468 e. The van der Waals surface area contributed by atoms with Crippen molar-refractivity contribution >= 4 is 5.97 Å². The number of ether oxygens (including phenoxy) is 2. The van der Waals surface area contributed by atoms with Crippen molar-refractivity contribution in [2.45, 2.75) is 38.1 Å². The first-order valence-corrected chi connectivity index (χ1v) is 5.97. The molecule has 0 aromatic carbocycles. The van der Waals surface area contributed by atoms with Crippen molar-refractivity contribution in [3.05, 3.63) is 0 Å². The Kier molecular flexibility index (Phi) is 5.22. The number of rotatable bonds is 5. The van der Waals surface area contributed by atoms with Crippen molar-refractivity contribution in [1.82, 2.24) is 5.32 Å². The average molecular weight is 229 g/mol. The summed E-state index contributed by atoms with van der Waals surface area (Å²) < 4.78 is 9.93. The lowest BCUT2D eigenvalue weighted by Gasteiger charge is -2.38. The van der Waals surface area contributed by atoms with Crippen molar-refractivity contribution in [2.75, 3.05) is 27.4 Å².